The van der Waals surface area contributed by atoms with Gasteiger partial charge in [-0.3, -0.25) is 0 Å². The highest BCUT2D eigenvalue weighted by Gasteiger charge is 2.22. The standard InChI is InChI=1S/C14H12Cl2O2/c1-18-14(17)11-3-2-4-12(16)13(11)9-5-7-10(15)8-6-9/h4-8H,2-3H2,1H3. The molecular weight excluding hydrogens is 271 g/mol. The summed E-state index contributed by atoms with van der Waals surface area (Å²) < 4.78 is 4.80. The van der Waals surface area contributed by atoms with E-state index in [1.54, 1.807) is 12.1 Å². The second-order valence-corrected chi connectivity index (χ2v) is 4.79. The number of hydrogen-bond acceptors (Lipinski definition) is 2. The van der Waals surface area contributed by atoms with Crippen molar-refractivity contribution in [1.29, 1.82) is 0 Å². The molecule has 94 valence electrons. The molecule has 0 atom stereocenters. The average molecular weight is 283 g/mol. The SMILES string of the molecule is COC(=O)C1=C(c2ccc(Cl)cc2)C(Cl)=CCC1. The van der Waals surface area contributed by atoms with Crippen LogP contribution in [0.3, 0.4) is 0 Å². The van der Waals surface area contributed by atoms with E-state index >= 15 is 0 Å². The van der Waals surface area contributed by atoms with Gasteiger partial charge in [-0.1, -0.05) is 41.4 Å². The van der Waals surface area contributed by atoms with E-state index in [1.165, 1.54) is 7.11 Å². The molecule has 0 N–H and O–H groups in total. The number of hydrogen-bond donors (Lipinski definition) is 0. The Morgan fingerprint density at radius 3 is 2.50 bits per heavy atom. The maximum absolute atomic E-state index is 11.8. The third-order valence-corrected chi connectivity index (χ3v) is 3.42. The molecule has 0 heterocycles. The first kappa shape index (κ1) is 13.2. The third-order valence-electron chi connectivity index (χ3n) is 2.82. The molecule has 2 rings (SSSR count). The fraction of sp³-hybridized carbons (Fsp3) is 0.214. The molecule has 0 spiro atoms. The Balaban J connectivity index is 2.53. The predicted molar refractivity (Wildman–Crippen MR) is 73.6 cm³/mol. The summed E-state index contributed by atoms with van der Waals surface area (Å²) >= 11 is 12.1. The van der Waals surface area contributed by atoms with Gasteiger partial charge in [0, 0.05) is 21.2 Å². The highest BCUT2D eigenvalue weighted by Crippen LogP contribution is 2.36. The van der Waals surface area contributed by atoms with Crippen LogP contribution in [0.1, 0.15) is 18.4 Å². The number of allylic oxidation sites excluding steroid dienone is 3. The fourth-order valence-corrected chi connectivity index (χ4v) is 2.43. The first-order valence-electron chi connectivity index (χ1n) is 5.57. The number of benzene rings is 1. The van der Waals surface area contributed by atoms with E-state index in [4.69, 9.17) is 27.9 Å². The molecule has 1 aliphatic rings. The lowest BCUT2D eigenvalue weighted by Crippen LogP contribution is -2.10. The average Bonchev–Trinajstić information content (AvgIpc) is 2.39. The Labute approximate surface area is 116 Å². The zero-order valence-corrected chi connectivity index (χ0v) is 11.4. The second-order valence-electron chi connectivity index (χ2n) is 3.94. The van der Waals surface area contributed by atoms with E-state index in [0.29, 0.717) is 22.0 Å². The van der Waals surface area contributed by atoms with Gasteiger partial charge in [0.15, 0.2) is 0 Å². The van der Waals surface area contributed by atoms with Gasteiger partial charge >= 0.3 is 5.97 Å². The Morgan fingerprint density at radius 2 is 1.89 bits per heavy atom. The van der Waals surface area contributed by atoms with Crippen molar-refractivity contribution in [3.8, 4) is 0 Å². The van der Waals surface area contributed by atoms with Crippen molar-refractivity contribution in [2.24, 2.45) is 0 Å². The lowest BCUT2D eigenvalue weighted by Gasteiger charge is -2.17. The molecule has 0 saturated carbocycles. The summed E-state index contributed by atoms with van der Waals surface area (Å²) in [5, 5.41) is 1.24. The molecule has 0 bridgehead atoms. The van der Waals surface area contributed by atoms with Crippen LogP contribution in [0.2, 0.25) is 5.02 Å². The van der Waals surface area contributed by atoms with E-state index in [-0.39, 0.29) is 5.97 Å². The quantitative estimate of drug-likeness (QED) is 0.761. The summed E-state index contributed by atoms with van der Waals surface area (Å²) in [5.74, 6) is -0.328. The Kier molecular flexibility index (Phi) is 4.10. The minimum Gasteiger partial charge on any atom is -0.466 e. The molecule has 1 aliphatic carbocycles. The topological polar surface area (TPSA) is 26.3 Å². The van der Waals surface area contributed by atoms with Crippen LogP contribution >= 0.6 is 23.2 Å². The van der Waals surface area contributed by atoms with Crippen LogP contribution in [-0.4, -0.2) is 13.1 Å². The summed E-state index contributed by atoms with van der Waals surface area (Å²) in [4.78, 5) is 11.8. The van der Waals surface area contributed by atoms with Crippen molar-refractivity contribution in [3.05, 3.63) is 51.5 Å². The molecule has 0 radical (unpaired) electrons. The molecule has 0 saturated heterocycles. The van der Waals surface area contributed by atoms with Gasteiger partial charge in [-0.15, -0.1) is 0 Å². The lowest BCUT2D eigenvalue weighted by molar-refractivity contribution is -0.136. The molecule has 1 aromatic rings. The van der Waals surface area contributed by atoms with Crippen LogP contribution in [0.5, 0.6) is 0 Å². The normalized spacial score (nSPS) is 15.4. The van der Waals surface area contributed by atoms with Crippen molar-refractivity contribution < 1.29 is 9.53 Å². The zero-order valence-electron chi connectivity index (χ0n) is 9.87. The number of carbonyl (C=O) groups is 1. The zero-order chi connectivity index (χ0) is 13.1. The van der Waals surface area contributed by atoms with Gasteiger partial charge in [0.1, 0.15) is 0 Å². The molecule has 4 heteroatoms. The molecular formula is C14H12Cl2O2. The summed E-state index contributed by atoms with van der Waals surface area (Å²) in [5.41, 5.74) is 2.24. The monoisotopic (exact) mass is 282 g/mol. The molecule has 0 fully saturated rings. The van der Waals surface area contributed by atoms with Crippen LogP contribution in [0.4, 0.5) is 0 Å². The second kappa shape index (κ2) is 5.59. The van der Waals surface area contributed by atoms with E-state index < -0.39 is 0 Å². The molecule has 0 aliphatic heterocycles. The molecule has 0 amide bonds. The minimum absolute atomic E-state index is 0.328. The third kappa shape index (κ3) is 2.60. The van der Waals surface area contributed by atoms with Crippen molar-refractivity contribution in [3.63, 3.8) is 0 Å². The van der Waals surface area contributed by atoms with Crippen LogP contribution in [-0.2, 0) is 9.53 Å². The maximum atomic E-state index is 11.8. The van der Waals surface area contributed by atoms with Gasteiger partial charge in [0.25, 0.3) is 0 Å². The van der Waals surface area contributed by atoms with E-state index in [1.807, 2.05) is 18.2 Å². The van der Waals surface area contributed by atoms with Crippen LogP contribution < -0.4 is 0 Å². The minimum atomic E-state index is -0.328. The van der Waals surface area contributed by atoms with Crippen molar-refractivity contribution in [2.45, 2.75) is 12.8 Å². The predicted octanol–water partition coefficient (Wildman–Crippen LogP) is 4.18. The smallest absolute Gasteiger partial charge is 0.334 e. The van der Waals surface area contributed by atoms with Gasteiger partial charge in [0.05, 0.1) is 7.11 Å². The van der Waals surface area contributed by atoms with Crippen LogP contribution in [0.25, 0.3) is 5.57 Å². The summed E-state index contributed by atoms with van der Waals surface area (Å²) in [6.07, 6.45) is 3.30. The largest absolute Gasteiger partial charge is 0.466 e. The van der Waals surface area contributed by atoms with E-state index in [2.05, 4.69) is 0 Å². The van der Waals surface area contributed by atoms with Crippen molar-refractivity contribution in [2.75, 3.05) is 7.11 Å². The number of methoxy groups -OCH3 is 1. The first-order valence-corrected chi connectivity index (χ1v) is 6.32. The Bertz CT molecular complexity index is 527. The number of halogens is 2. The Morgan fingerprint density at radius 1 is 1.22 bits per heavy atom. The highest BCUT2D eigenvalue weighted by atomic mass is 35.5. The van der Waals surface area contributed by atoms with E-state index in [9.17, 15) is 4.79 Å². The van der Waals surface area contributed by atoms with Gasteiger partial charge in [-0.05, 0) is 30.5 Å². The summed E-state index contributed by atoms with van der Waals surface area (Å²) in [6, 6.07) is 7.25. The van der Waals surface area contributed by atoms with Gasteiger partial charge in [-0.25, -0.2) is 4.79 Å². The molecule has 1 aromatic carbocycles. The van der Waals surface area contributed by atoms with Crippen molar-refractivity contribution in [1.82, 2.24) is 0 Å². The molecule has 0 unspecified atom stereocenters. The molecule has 0 aromatic heterocycles. The molecule has 2 nitrogen and oxygen atoms in total. The fourth-order valence-electron chi connectivity index (χ4n) is 1.97. The highest BCUT2D eigenvalue weighted by molar-refractivity contribution is 6.38. The number of carbonyl (C=O) groups excluding carboxylic acids is 1. The number of esters is 1. The summed E-state index contributed by atoms with van der Waals surface area (Å²) in [7, 11) is 1.38. The van der Waals surface area contributed by atoms with Crippen molar-refractivity contribution >= 4 is 34.7 Å². The van der Waals surface area contributed by atoms with Gasteiger partial charge < -0.3 is 4.74 Å². The lowest BCUT2D eigenvalue weighted by atomic mass is 9.92. The molecule has 18 heavy (non-hydrogen) atoms. The summed E-state index contributed by atoms with van der Waals surface area (Å²) in [6.45, 7) is 0. The van der Waals surface area contributed by atoms with E-state index in [0.717, 1.165) is 17.6 Å². The number of ether oxygens (including phenoxy) is 1. The maximum Gasteiger partial charge on any atom is 0.334 e. The van der Waals surface area contributed by atoms with Crippen LogP contribution in [0, 0.1) is 0 Å². The van der Waals surface area contributed by atoms with Gasteiger partial charge in [0.2, 0.25) is 0 Å². The van der Waals surface area contributed by atoms with Gasteiger partial charge in [-0.2, -0.15) is 0 Å². The van der Waals surface area contributed by atoms with Crippen LogP contribution in [0.15, 0.2) is 40.9 Å². The Hall–Kier alpha value is -1.25. The number of rotatable bonds is 2. The first-order chi connectivity index (χ1) is 8.63.